The summed E-state index contributed by atoms with van der Waals surface area (Å²) in [5.74, 6) is 0.262. The number of carbonyl (C=O) groups excluding carboxylic acids is 1. The molecule has 2 aromatic rings. The summed E-state index contributed by atoms with van der Waals surface area (Å²) in [7, 11) is 0. The minimum atomic E-state index is -4.39. The minimum Gasteiger partial charge on any atom is -0.352 e. The van der Waals surface area contributed by atoms with Gasteiger partial charge < -0.3 is 15.5 Å². The van der Waals surface area contributed by atoms with Gasteiger partial charge in [-0.1, -0.05) is 30.3 Å². The fourth-order valence-corrected chi connectivity index (χ4v) is 2.54. The van der Waals surface area contributed by atoms with E-state index in [1.54, 1.807) is 4.90 Å². The van der Waals surface area contributed by atoms with E-state index in [0.29, 0.717) is 19.6 Å². The predicted octanol–water partition coefficient (Wildman–Crippen LogP) is 2.79. The third-order valence-electron chi connectivity index (χ3n) is 3.91. The van der Waals surface area contributed by atoms with Gasteiger partial charge in [0, 0.05) is 25.8 Å². The zero-order valence-electron chi connectivity index (χ0n) is 13.3. The molecule has 1 aliphatic heterocycles. The second-order valence-corrected chi connectivity index (χ2v) is 5.81. The fourth-order valence-electron chi connectivity index (χ4n) is 2.54. The Morgan fingerprint density at radius 1 is 1.20 bits per heavy atom. The van der Waals surface area contributed by atoms with Crippen LogP contribution in [0, 0.1) is 0 Å². The smallest absolute Gasteiger partial charge is 0.352 e. The van der Waals surface area contributed by atoms with Crippen molar-refractivity contribution in [3.05, 3.63) is 59.8 Å². The Balaban J connectivity index is 1.46. The molecule has 0 aliphatic carbocycles. The van der Waals surface area contributed by atoms with Crippen LogP contribution < -0.4 is 15.5 Å². The van der Waals surface area contributed by atoms with Crippen LogP contribution in [0.2, 0.25) is 0 Å². The molecule has 1 aliphatic rings. The lowest BCUT2D eigenvalue weighted by Gasteiger charge is -2.40. The second-order valence-electron chi connectivity index (χ2n) is 5.81. The van der Waals surface area contributed by atoms with Gasteiger partial charge in [0.2, 0.25) is 0 Å². The van der Waals surface area contributed by atoms with Gasteiger partial charge in [-0.2, -0.15) is 13.2 Å². The van der Waals surface area contributed by atoms with Gasteiger partial charge in [-0.15, -0.1) is 0 Å². The maximum absolute atomic E-state index is 12.7. The number of alkyl halides is 3. The first-order chi connectivity index (χ1) is 11.9. The SMILES string of the molecule is O=C(NCc1ccccc1)NC1CN(c2cc(C(F)(F)F)ccn2)C1. The molecule has 1 saturated heterocycles. The monoisotopic (exact) mass is 350 g/mol. The van der Waals surface area contributed by atoms with E-state index in [2.05, 4.69) is 15.6 Å². The van der Waals surface area contributed by atoms with E-state index >= 15 is 0 Å². The molecule has 8 heteroatoms. The van der Waals surface area contributed by atoms with Crippen LogP contribution in [0.25, 0.3) is 0 Å². The lowest BCUT2D eigenvalue weighted by atomic mass is 10.1. The zero-order valence-corrected chi connectivity index (χ0v) is 13.3. The third kappa shape index (κ3) is 4.40. The number of nitrogens with zero attached hydrogens (tertiary/aromatic N) is 2. The standard InChI is InChI=1S/C17H17F3N4O/c18-17(19,20)13-6-7-21-15(8-13)24-10-14(11-24)23-16(25)22-9-12-4-2-1-3-5-12/h1-8,14H,9-11H2,(H2,22,23,25). The number of rotatable bonds is 4. The molecule has 1 aromatic heterocycles. The number of urea groups is 1. The second kappa shape index (κ2) is 7.00. The van der Waals surface area contributed by atoms with Gasteiger partial charge >= 0.3 is 12.2 Å². The number of hydrogen-bond donors (Lipinski definition) is 2. The molecule has 0 unspecified atom stereocenters. The number of benzene rings is 1. The van der Waals surface area contributed by atoms with Crippen molar-refractivity contribution >= 4 is 11.8 Å². The Hall–Kier alpha value is -2.77. The summed E-state index contributed by atoms with van der Waals surface area (Å²) >= 11 is 0. The van der Waals surface area contributed by atoms with Crippen molar-refractivity contribution in [3.63, 3.8) is 0 Å². The maximum atomic E-state index is 12.7. The van der Waals surface area contributed by atoms with Crippen LogP contribution >= 0.6 is 0 Å². The summed E-state index contributed by atoms with van der Waals surface area (Å²) in [5.41, 5.74) is 0.260. The van der Waals surface area contributed by atoms with Crippen LogP contribution in [-0.4, -0.2) is 30.1 Å². The van der Waals surface area contributed by atoms with Crippen molar-refractivity contribution in [2.45, 2.75) is 18.8 Å². The number of hydrogen-bond acceptors (Lipinski definition) is 3. The molecule has 5 nitrogen and oxygen atoms in total. The van der Waals surface area contributed by atoms with Crippen LogP contribution in [-0.2, 0) is 12.7 Å². The van der Waals surface area contributed by atoms with E-state index < -0.39 is 11.7 Å². The first kappa shape index (κ1) is 17.1. The number of halogens is 3. The van der Waals surface area contributed by atoms with Gasteiger partial charge in [0.25, 0.3) is 0 Å². The highest BCUT2D eigenvalue weighted by atomic mass is 19.4. The average Bonchev–Trinajstić information content (AvgIpc) is 2.56. The highest BCUT2D eigenvalue weighted by molar-refractivity contribution is 5.74. The van der Waals surface area contributed by atoms with Crippen molar-refractivity contribution in [1.82, 2.24) is 15.6 Å². The van der Waals surface area contributed by atoms with Crippen molar-refractivity contribution in [2.75, 3.05) is 18.0 Å². The molecular formula is C17H17F3N4O. The maximum Gasteiger partial charge on any atom is 0.416 e. The Labute approximate surface area is 142 Å². The lowest BCUT2D eigenvalue weighted by Crippen LogP contribution is -2.61. The first-order valence-corrected chi connectivity index (χ1v) is 7.78. The molecule has 25 heavy (non-hydrogen) atoms. The van der Waals surface area contributed by atoms with Gasteiger partial charge in [-0.3, -0.25) is 0 Å². The molecule has 0 bridgehead atoms. The number of amides is 2. The summed E-state index contributed by atoms with van der Waals surface area (Å²) < 4.78 is 38.1. The van der Waals surface area contributed by atoms with Crippen LogP contribution in [0.4, 0.5) is 23.8 Å². The van der Waals surface area contributed by atoms with E-state index in [4.69, 9.17) is 0 Å². The molecule has 2 heterocycles. The van der Waals surface area contributed by atoms with Crippen LogP contribution in [0.15, 0.2) is 48.7 Å². The van der Waals surface area contributed by atoms with Gasteiger partial charge in [-0.25, -0.2) is 9.78 Å². The molecule has 2 amide bonds. The van der Waals surface area contributed by atoms with E-state index in [9.17, 15) is 18.0 Å². The van der Waals surface area contributed by atoms with Crippen LogP contribution in [0.1, 0.15) is 11.1 Å². The first-order valence-electron chi connectivity index (χ1n) is 7.78. The Kier molecular flexibility index (Phi) is 4.78. The van der Waals surface area contributed by atoms with E-state index in [-0.39, 0.29) is 17.9 Å². The van der Waals surface area contributed by atoms with Crippen LogP contribution in [0.3, 0.4) is 0 Å². The fraction of sp³-hybridized carbons (Fsp3) is 0.294. The molecule has 1 fully saturated rings. The molecule has 3 rings (SSSR count). The zero-order chi connectivity index (χ0) is 17.9. The molecule has 132 valence electrons. The number of pyridine rings is 1. The quantitative estimate of drug-likeness (QED) is 0.892. The summed E-state index contributed by atoms with van der Waals surface area (Å²) in [6.45, 7) is 1.26. The largest absolute Gasteiger partial charge is 0.416 e. The molecule has 1 aromatic carbocycles. The van der Waals surface area contributed by atoms with Gasteiger partial charge in [0.05, 0.1) is 11.6 Å². The van der Waals surface area contributed by atoms with Crippen molar-refractivity contribution in [2.24, 2.45) is 0 Å². The van der Waals surface area contributed by atoms with Crippen molar-refractivity contribution in [1.29, 1.82) is 0 Å². The van der Waals surface area contributed by atoms with Crippen LogP contribution in [0.5, 0.6) is 0 Å². The molecular weight excluding hydrogens is 333 g/mol. The number of anilines is 1. The number of nitrogens with one attached hydrogen (secondary N) is 2. The predicted molar refractivity (Wildman–Crippen MR) is 87.1 cm³/mol. The van der Waals surface area contributed by atoms with E-state index in [1.165, 1.54) is 0 Å². The lowest BCUT2D eigenvalue weighted by molar-refractivity contribution is -0.137. The topological polar surface area (TPSA) is 57.3 Å². The minimum absolute atomic E-state index is 0.118. The molecule has 0 radical (unpaired) electrons. The third-order valence-corrected chi connectivity index (χ3v) is 3.91. The summed E-state index contributed by atoms with van der Waals surface area (Å²) in [5, 5.41) is 5.54. The van der Waals surface area contributed by atoms with E-state index in [1.807, 2.05) is 30.3 Å². The molecule has 0 saturated carbocycles. The molecule has 2 N–H and O–H groups in total. The van der Waals surface area contributed by atoms with Gasteiger partial charge in [0.15, 0.2) is 0 Å². The summed E-state index contributed by atoms with van der Waals surface area (Å²) in [6, 6.07) is 11.0. The number of aromatic nitrogens is 1. The Bertz CT molecular complexity index is 730. The summed E-state index contributed by atoms with van der Waals surface area (Å²) in [4.78, 5) is 17.5. The van der Waals surface area contributed by atoms with E-state index in [0.717, 1.165) is 23.9 Å². The van der Waals surface area contributed by atoms with Crippen molar-refractivity contribution < 1.29 is 18.0 Å². The summed E-state index contributed by atoms with van der Waals surface area (Å²) in [6.07, 6.45) is -3.25. The van der Waals surface area contributed by atoms with Crippen molar-refractivity contribution in [3.8, 4) is 0 Å². The highest BCUT2D eigenvalue weighted by Gasteiger charge is 2.33. The Morgan fingerprint density at radius 3 is 2.60 bits per heavy atom. The van der Waals surface area contributed by atoms with Gasteiger partial charge in [0.1, 0.15) is 5.82 Å². The Morgan fingerprint density at radius 2 is 1.92 bits per heavy atom. The van der Waals surface area contributed by atoms with Gasteiger partial charge in [-0.05, 0) is 17.7 Å². The molecule has 0 spiro atoms. The normalized spacial score (nSPS) is 14.8. The average molecular weight is 350 g/mol. The number of carbonyl (C=O) groups is 1. The molecule has 0 atom stereocenters. The highest BCUT2D eigenvalue weighted by Crippen LogP contribution is 2.31.